The number of rotatable bonds is 4. The molecule has 3 aromatic carbocycles. The minimum absolute atomic E-state index is 0.00916. The van der Waals surface area contributed by atoms with Crippen molar-refractivity contribution < 1.29 is 31.1 Å². The highest BCUT2D eigenvalue weighted by molar-refractivity contribution is 5.94. The van der Waals surface area contributed by atoms with Crippen LogP contribution in [0.2, 0.25) is 0 Å². The molecule has 1 nitrogen and oxygen atoms in total. The summed E-state index contributed by atoms with van der Waals surface area (Å²) in [6.45, 7) is 3.26. The Hall–Kier alpha value is -2.70. The minimum atomic E-state index is -3.92. The van der Waals surface area contributed by atoms with Crippen LogP contribution in [-0.2, 0) is 12.8 Å². The molecule has 0 amide bonds. The maximum absolute atomic E-state index is 15.2. The lowest BCUT2D eigenvalue weighted by molar-refractivity contribution is -0.232. The molecule has 1 fully saturated rings. The number of fused-ring (bicyclic) bond motifs is 3. The van der Waals surface area contributed by atoms with Crippen LogP contribution in [-0.4, -0.2) is 12.0 Å². The standard InChI is InChI=1S/C26H22F6O/c1-3-4-14-5-7-15(8-6-14)18-11-16-9-10-17-12-19(21-13(2)25(21,29)30)26(31,32)33-24(17)20(16)23(28)22(18)27/h5-11,13,19,21H,3-4,12H2,1-2H3. The Morgan fingerprint density at radius 2 is 1.64 bits per heavy atom. The van der Waals surface area contributed by atoms with Crippen molar-refractivity contribution in [3.05, 3.63) is 65.2 Å². The molecule has 0 saturated heterocycles. The van der Waals surface area contributed by atoms with Crippen LogP contribution in [0.5, 0.6) is 5.75 Å². The van der Waals surface area contributed by atoms with Gasteiger partial charge in [-0.3, -0.25) is 0 Å². The number of benzene rings is 3. The zero-order valence-electron chi connectivity index (χ0n) is 18.1. The number of hydrogen-bond donors (Lipinski definition) is 0. The first kappa shape index (κ1) is 22.1. The lowest BCUT2D eigenvalue weighted by Crippen LogP contribution is -2.42. The molecule has 174 valence electrons. The van der Waals surface area contributed by atoms with Crippen molar-refractivity contribution in [1.82, 2.24) is 0 Å². The van der Waals surface area contributed by atoms with E-state index in [0.29, 0.717) is 5.56 Å². The van der Waals surface area contributed by atoms with E-state index in [-0.39, 0.29) is 16.5 Å². The average molecular weight is 464 g/mol. The van der Waals surface area contributed by atoms with Gasteiger partial charge in [0.15, 0.2) is 11.6 Å². The molecular formula is C26H22F6O. The van der Waals surface area contributed by atoms with Crippen LogP contribution in [0.1, 0.15) is 31.4 Å². The molecule has 0 spiro atoms. The maximum atomic E-state index is 15.2. The third-order valence-corrected chi connectivity index (χ3v) is 7.05. The third kappa shape index (κ3) is 3.39. The Labute approximate surface area is 187 Å². The van der Waals surface area contributed by atoms with Crippen LogP contribution in [0, 0.1) is 29.4 Å². The largest absolute Gasteiger partial charge is 0.431 e. The summed E-state index contributed by atoms with van der Waals surface area (Å²) in [5.74, 6) is -10.6. The van der Waals surface area contributed by atoms with Gasteiger partial charge in [-0.1, -0.05) is 56.7 Å². The van der Waals surface area contributed by atoms with Gasteiger partial charge in [0.25, 0.3) is 5.92 Å². The molecule has 2 aliphatic rings. The number of halogens is 6. The van der Waals surface area contributed by atoms with Crippen LogP contribution in [0.4, 0.5) is 26.3 Å². The Morgan fingerprint density at radius 3 is 2.24 bits per heavy atom. The van der Waals surface area contributed by atoms with E-state index in [1.54, 1.807) is 12.1 Å². The van der Waals surface area contributed by atoms with E-state index in [1.807, 2.05) is 19.1 Å². The molecule has 1 saturated carbocycles. The quantitative estimate of drug-likeness (QED) is 0.358. The molecule has 3 aromatic rings. The molecule has 7 heteroatoms. The highest BCUT2D eigenvalue weighted by Crippen LogP contribution is 2.63. The van der Waals surface area contributed by atoms with Crippen LogP contribution < -0.4 is 4.74 Å². The third-order valence-electron chi connectivity index (χ3n) is 7.05. The lowest BCUT2D eigenvalue weighted by Gasteiger charge is -2.34. The van der Waals surface area contributed by atoms with Gasteiger partial charge in [-0.2, -0.15) is 8.78 Å². The van der Waals surface area contributed by atoms with Gasteiger partial charge in [-0.25, -0.2) is 17.6 Å². The summed E-state index contributed by atoms with van der Waals surface area (Å²) in [5, 5.41) is -0.204. The summed E-state index contributed by atoms with van der Waals surface area (Å²) in [5.41, 5.74) is 1.71. The molecule has 3 unspecified atom stereocenters. The molecular weight excluding hydrogens is 442 g/mol. The summed E-state index contributed by atoms with van der Waals surface area (Å²) >= 11 is 0. The number of ether oxygens (including phenoxy) is 1. The maximum Gasteiger partial charge on any atom is 0.401 e. The van der Waals surface area contributed by atoms with Gasteiger partial charge in [-0.05, 0) is 41.0 Å². The van der Waals surface area contributed by atoms with Crippen LogP contribution in [0.25, 0.3) is 21.9 Å². The van der Waals surface area contributed by atoms with E-state index in [0.717, 1.165) is 18.4 Å². The van der Waals surface area contributed by atoms with Crippen molar-refractivity contribution >= 4 is 10.8 Å². The summed E-state index contributed by atoms with van der Waals surface area (Å²) in [7, 11) is 0. The fraction of sp³-hybridized carbons (Fsp3) is 0.385. The molecule has 0 aromatic heterocycles. The first-order valence-corrected chi connectivity index (χ1v) is 11.0. The Morgan fingerprint density at radius 1 is 0.970 bits per heavy atom. The highest BCUT2D eigenvalue weighted by Gasteiger charge is 2.73. The Balaban J connectivity index is 1.58. The van der Waals surface area contributed by atoms with Crippen LogP contribution in [0.15, 0.2) is 42.5 Å². The normalized spacial score (nSPS) is 24.9. The van der Waals surface area contributed by atoms with E-state index >= 15 is 8.78 Å². The zero-order valence-corrected chi connectivity index (χ0v) is 18.1. The highest BCUT2D eigenvalue weighted by atomic mass is 19.3. The summed E-state index contributed by atoms with van der Waals surface area (Å²) in [6, 6.07) is 11.4. The summed E-state index contributed by atoms with van der Waals surface area (Å²) in [6.07, 6.45) is -2.51. The monoisotopic (exact) mass is 464 g/mol. The van der Waals surface area contributed by atoms with E-state index in [9.17, 15) is 17.6 Å². The van der Waals surface area contributed by atoms with Gasteiger partial charge >= 0.3 is 6.11 Å². The van der Waals surface area contributed by atoms with Crippen LogP contribution in [0.3, 0.4) is 0 Å². The van der Waals surface area contributed by atoms with E-state index in [4.69, 9.17) is 4.74 Å². The van der Waals surface area contributed by atoms with Crippen molar-refractivity contribution in [2.75, 3.05) is 0 Å². The second-order valence-corrected chi connectivity index (χ2v) is 9.11. The number of hydrogen-bond acceptors (Lipinski definition) is 1. The molecule has 1 aliphatic heterocycles. The predicted molar refractivity (Wildman–Crippen MR) is 114 cm³/mol. The van der Waals surface area contributed by atoms with Crippen molar-refractivity contribution in [1.29, 1.82) is 0 Å². The SMILES string of the molecule is CCCc1ccc(-c2cc3ccc4c(c3c(F)c2F)OC(F)(F)C(C2C(C)C2(F)F)C4)cc1. The molecule has 0 N–H and O–H groups in total. The van der Waals surface area contributed by atoms with Crippen LogP contribution >= 0.6 is 0 Å². The average Bonchev–Trinajstić information content (AvgIpc) is 3.26. The second kappa shape index (κ2) is 7.40. The Kier molecular flexibility index (Phi) is 4.96. The minimum Gasteiger partial charge on any atom is -0.431 e. The molecule has 1 heterocycles. The fourth-order valence-corrected chi connectivity index (χ4v) is 5.09. The zero-order chi connectivity index (χ0) is 23.7. The summed E-state index contributed by atoms with van der Waals surface area (Å²) in [4.78, 5) is 0. The Bertz CT molecular complexity index is 1230. The molecule has 3 atom stereocenters. The predicted octanol–water partition coefficient (Wildman–Crippen LogP) is 7.78. The molecule has 5 rings (SSSR count). The first-order chi connectivity index (χ1) is 15.6. The molecule has 33 heavy (non-hydrogen) atoms. The van der Waals surface area contributed by atoms with E-state index < -0.39 is 59.0 Å². The number of aryl methyl sites for hydroxylation is 1. The van der Waals surface area contributed by atoms with Gasteiger partial charge in [-0.15, -0.1) is 0 Å². The van der Waals surface area contributed by atoms with E-state index in [1.165, 1.54) is 25.1 Å². The van der Waals surface area contributed by atoms with Gasteiger partial charge in [0.1, 0.15) is 5.75 Å². The van der Waals surface area contributed by atoms with Crippen molar-refractivity contribution in [2.45, 2.75) is 45.1 Å². The van der Waals surface area contributed by atoms with Gasteiger partial charge < -0.3 is 4.74 Å². The van der Waals surface area contributed by atoms with Gasteiger partial charge in [0.2, 0.25) is 0 Å². The van der Waals surface area contributed by atoms with Gasteiger partial charge in [0.05, 0.1) is 11.3 Å². The topological polar surface area (TPSA) is 9.23 Å². The van der Waals surface area contributed by atoms with E-state index in [2.05, 4.69) is 0 Å². The lowest BCUT2D eigenvalue weighted by atomic mass is 9.87. The molecule has 0 bridgehead atoms. The van der Waals surface area contributed by atoms with Crippen molar-refractivity contribution in [2.24, 2.45) is 17.8 Å². The fourth-order valence-electron chi connectivity index (χ4n) is 5.09. The van der Waals surface area contributed by atoms with Gasteiger partial charge in [0, 0.05) is 17.4 Å². The first-order valence-electron chi connectivity index (χ1n) is 11.0. The smallest absolute Gasteiger partial charge is 0.401 e. The van der Waals surface area contributed by atoms with Crippen molar-refractivity contribution in [3.63, 3.8) is 0 Å². The second-order valence-electron chi connectivity index (χ2n) is 9.11. The molecule has 0 radical (unpaired) electrons. The molecule has 1 aliphatic carbocycles. The summed E-state index contributed by atoms with van der Waals surface area (Å²) < 4.78 is 92.4. The number of alkyl halides is 4. The van der Waals surface area contributed by atoms with Crippen molar-refractivity contribution in [3.8, 4) is 16.9 Å².